The Kier molecular flexibility index (Phi) is 14.4. The van der Waals surface area contributed by atoms with Gasteiger partial charge in [0.2, 0.25) is 0 Å². The van der Waals surface area contributed by atoms with E-state index in [1.807, 2.05) is 13.8 Å². The zero-order valence-corrected chi connectivity index (χ0v) is 16.8. The Bertz CT molecular complexity index is 470. The molecule has 0 radical (unpaired) electrons. The summed E-state index contributed by atoms with van der Waals surface area (Å²) in [4.78, 5) is 32.9. The van der Waals surface area contributed by atoms with Crippen molar-refractivity contribution < 1.29 is 47.8 Å². The number of unbranched alkanes of at least 4 members (excludes halogenated alkanes) is 2. The summed E-state index contributed by atoms with van der Waals surface area (Å²) in [5.74, 6) is -1.01. The molecule has 0 rings (SSSR count). The van der Waals surface area contributed by atoms with Crippen LogP contribution in [0.5, 0.6) is 0 Å². The van der Waals surface area contributed by atoms with Crippen LogP contribution in [0.1, 0.15) is 52.4 Å². The molecule has 3 unspecified atom stereocenters. The number of ether oxygens (including phenoxy) is 2. The zero-order chi connectivity index (χ0) is 20.7. The van der Waals surface area contributed by atoms with Crippen molar-refractivity contribution in [3.8, 4) is 0 Å². The number of aliphatic hydroxyl groups is 2. The summed E-state index contributed by atoms with van der Waals surface area (Å²) in [6.45, 7) is 1.71. The van der Waals surface area contributed by atoms with E-state index >= 15 is 0 Å². The monoisotopic (exact) mass is 414 g/mol. The summed E-state index contributed by atoms with van der Waals surface area (Å²) in [6, 6.07) is 0. The number of carbonyl (C=O) groups excluding carboxylic acids is 2. The molecule has 0 heterocycles. The van der Waals surface area contributed by atoms with E-state index in [-0.39, 0.29) is 19.4 Å². The van der Waals surface area contributed by atoms with Gasteiger partial charge in [0.1, 0.15) is 12.7 Å². The van der Waals surface area contributed by atoms with E-state index in [0.29, 0.717) is 12.8 Å². The van der Waals surface area contributed by atoms with Crippen LogP contribution in [0.4, 0.5) is 0 Å². The second kappa shape index (κ2) is 15.0. The van der Waals surface area contributed by atoms with Gasteiger partial charge in [-0.05, 0) is 12.8 Å². The Hall–Kier alpha value is -1.03. The third-order valence-electron chi connectivity index (χ3n) is 3.26. The maximum atomic E-state index is 11.8. The van der Waals surface area contributed by atoms with Crippen molar-refractivity contribution in [1.82, 2.24) is 0 Å². The number of carbonyl (C=O) groups is 2. The first-order chi connectivity index (χ1) is 12.7. The molecule has 0 aromatic rings. The lowest BCUT2D eigenvalue weighted by Gasteiger charge is -2.20. The van der Waals surface area contributed by atoms with Gasteiger partial charge in [-0.1, -0.05) is 26.7 Å². The average Bonchev–Trinajstić information content (AvgIpc) is 2.64. The van der Waals surface area contributed by atoms with Crippen LogP contribution in [0.25, 0.3) is 0 Å². The molecule has 3 N–H and O–H groups in total. The van der Waals surface area contributed by atoms with Gasteiger partial charge in [0.15, 0.2) is 6.10 Å². The molecule has 11 heteroatoms. The Labute approximate surface area is 159 Å². The molecule has 0 aliphatic heterocycles. The second-order valence-electron chi connectivity index (χ2n) is 5.90. The number of aliphatic hydroxyl groups excluding tert-OH is 2. The van der Waals surface area contributed by atoms with Crippen molar-refractivity contribution in [2.45, 2.75) is 64.6 Å². The van der Waals surface area contributed by atoms with Crippen LogP contribution in [-0.4, -0.2) is 65.7 Å². The molecule has 0 saturated carbocycles. The smallest absolute Gasteiger partial charge is 0.462 e. The third-order valence-corrected chi connectivity index (χ3v) is 4.21. The van der Waals surface area contributed by atoms with E-state index < -0.39 is 51.8 Å². The third kappa shape index (κ3) is 14.7. The highest BCUT2D eigenvalue weighted by Gasteiger charge is 2.27. The van der Waals surface area contributed by atoms with Gasteiger partial charge in [0.05, 0.1) is 19.8 Å². The summed E-state index contributed by atoms with van der Waals surface area (Å²) in [5, 5.41) is 17.8. The normalized spacial score (nSPS) is 15.6. The van der Waals surface area contributed by atoms with Gasteiger partial charge in [-0.25, -0.2) is 4.57 Å². The van der Waals surface area contributed by atoms with Crippen molar-refractivity contribution in [2.24, 2.45) is 0 Å². The van der Waals surface area contributed by atoms with E-state index in [1.165, 1.54) is 0 Å². The van der Waals surface area contributed by atoms with E-state index in [1.54, 1.807) is 0 Å². The first kappa shape index (κ1) is 26.0. The second-order valence-corrected chi connectivity index (χ2v) is 7.35. The van der Waals surface area contributed by atoms with Crippen LogP contribution in [-0.2, 0) is 32.7 Å². The highest BCUT2D eigenvalue weighted by molar-refractivity contribution is 7.47. The van der Waals surface area contributed by atoms with Gasteiger partial charge in [-0.2, -0.15) is 0 Å². The van der Waals surface area contributed by atoms with Crippen LogP contribution in [0, 0.1) is 0 Å². The van der Waals surface area contributed by atoms with E-state index in [2.05, 4.69) is 4.52 Å². The number of rotatable bonds is 16. The van der Waals surface area contributed by atoms with Crippen LogP contribution in [0.2, 0.25) is 0 Å². The highest BCUT2D eigenvalue weighted by atomic mass is 31.2. The Morgan fingerprint density at radius 2 is 1.52 bits per heavy atom. The lowest BCUT2D eigenvalue weighted by Crippen LogP contribution is -2.29. The molecule has 0 aromatic carbocycles. The summed E-state index contributed by atoms with van der Waals surface area (Å²) < 4.78 is 31.1. The van der Waals surface area contributed by atoms with Crippen molar-refractivity contribution >= 4 is 19.8 Å². The fourth-order valence-corrected chi connectivity index (χ4v) is 2.50. The minimum absolute atomic E-state index is 0.159. The minimum atomic E-state index is -4.55. The van der Waals surface area contributed by atoms with Crippen molar-refractivity contribution in [3.05, 3.63) is 0 Å². The largest absolute Gasteiger partial charge is 0.472 e. The fourth-order valence-electron chi connectivity index (χ4n) is 1.71. The summed E-state index contributed by atoms with van der Waals surface area (Å²) in [7, 11) is -4.55. The van der Waals surface area contributed by atoms with Crippen molar-refractivity contribution in [2.75, 3.05) is 26.4 Å². The van der Waals surface area contributed by atoms with E-state index in [0.717, 1.165) is 12.8 Å². The minimum Gasteiger partial charge on any atom is -0.462 e. The first-order valence-corrected chi connectivity index (χ1v) is 10.5. The van der Waals surface area contributed by atoms with Gasteiger partial charge < -0.3 is 24.6 Å². The summed E-state index contributed by atoms with van der Waals surface area (Å²) in [6.07, 6.45) is 0.837. The summed E-state index contributed by atoms with van der Waals surface area (Å²) in [5.41, 5.74) is 0. The van der Waals surface area contributed by atoms with Gasteiger partial charge in [-0.3, -0.25) is 18.6 Å². The van der Waals surface area contributed by atoms with Crippen LogP contribution in [0.15, 0.2) is 0 Å². The lowest BCUT2D eigenvalue weighted by atomic mass is 10.2. The predicted molar refractivity (Wildman–Crippen MR) is 94.7 cm³/mol. The van der Waals surface area contributed by atoms with Crippen LogP contribution >= 0.6 is 7.82 Å². The van der Waals surface area contributed by atoms with Gasteiger partial charge >= 0.3 is 19.8 Å². The molecule has 0 fully saturated rings. The zero-order valence-electron chi connectivity index (χ0n) is 15.9. The number of phosphoric ester groups is 1. The lowest BCUT2D eigenvalue weighted by molar-refractivity contribution is -0.161. The molecule has 0 saturated heterocycles. The average molecular weight is 414 g/mol. The summed E-state index contributed by atoms with van der Waals surface area (Å²) >= 11 is 0. The molecule has 3 atom stereocenters. The van der Waals surface area contributed by atoms with E-state index in [4.69, 9.17) is 24.2 Å². The number of esters is 2. The standard InChI is InChI=1S/C16H31O10P/c1-3-5-7-15(19)23-11-14(26-16(20)8-6-4-2)12-25-27(21,22)24-10-13(18)9-17/h13-14,17-18H,3-12H2,1-2H3,(H,21,22). The number of hydrogen-bond acceptors (Lipinski definition) is 9. The van der Waals surface area contributed by atoms with Gasteiger partial charge in [-0.15, -0.1) is 0 Å². The Balaban J connectivity index is 4.60. The molecule has 0 bridgehead atoms. The maximum absolute atomic E-state index is 11.8. The molecular weight excluding hydrogens is 383 g/mol. The molecule has 10 nitrogen and oxygen atoms in total. The molecular formula is C16H31O10P. The Morgan fingerprint density at radius 1 is 0.963 bits per heavy atom. The molecule has 0 spiro atoms. The topological polar surface area (TPSA) is 149 Å². The quantitative estimate of drug-likeness (QED) is 0.249. The molecule has 0 amide bonds. The van der Waals surface area contributed by atoms with Crippen molar-refractivity contribution in [3.63, 3.8) is 0 Å². The van der Waals surface area contributed by atoms with Crippen LogP contribution in [0.3, 0.4) is 0 Å². The van der Waals surface area contributed by atoms with Crippen LogP contribution < -0.4 is 0 Å². The molecule has 160 valence electrons. The number of hydrogen-bond donors (Lipinski definition) is 3. The van der Waals surface area contributed by atoms with Gasteiger partial charge in [0.25, 0.3) is 0 Å². The predicted octanol–water partition coefficient (Wildman–Crippen LogP) is 1.31. The van der Waals surface area contributed by atoms with E-state index in [9.17, 15) is 19.0 Å². The highest BCUT2D eigenvalue weighted by Crippen LogP contribution is 2.43. The maximum Gasteiger partial charge on any atom is 0.472 e. The molecule has 0 aliphatic rings. The fraction of sp³-hybridized carbons (Fsp3) is 0.875. The first-order valence-electron chi connectivity index (χ1n) is 8.99. The van der Waals surface area contributed by atoms with Gasteiger partial charge in [0, 0.05) is 12.8 Å². The SMILES string of the molecule is CCCCC(=O)OCC(COP(=O)(O)OCC(O)CO)OC(=O)CCCC. The van der Waals surface area contributed by atoms with Crippen molar-refractivity contribution in [1.29, 1.82) is 0 Å². The molecule has 27 heavy (non-hydrogen) atoms. The number of phosphoric acid groups is 1. The molecule has 0 aliphatic carbocycles. The Morgan fingerprint density at radius 3 is 2.07 bits per heavy atom. The molecule has 0 aromatic heterocycles.